The van der Waals surface area contributed by atoms with Crippen molar-refractivity contribution in [1.82, 2.24) is 4.57 Å². The number of anilines is 2. The van der Waals surface area contributed by atoms with Crippen LogP contribution in [0.3, 0.4) is 0 Å². The third kappa shape index (κ3) is 3.05. The van der Waals surface area contributed by atoms with Gasteiger partial charge in [-0.25, -0.2) is 0 Å². The van der Waals surface area contributed by atoms with Gasteiger partial charge in [0, 0.05) is 38.8 Å². The average Bonchev–Trinajstić information content (AvgIpc) is 3.39. The Kier molecular flexibility index (Phi) is 4.91. The molecule has 2 unspecified atom stereocenters. The summed E-state index contributed by atoms with van der Waals surface area (Å²) in [7, 11) is 0. The van der Waals surface area contributed by atoms with E-state index in [1.54, 1.807) is 5.56 Å². The Balaban J connectivity index is 1.47. The van der Waals surface area contributed by atoms with Gasteiger partial charge < -0.3 is 9.47 Å². The summed E-state index contributed by atoms with van der Waals surface area (Å²) in [6.45, 7) is 21.9. The second-order valence-electron chi connectivity index (χ2n) is 17.1. The van der Waals surface area contributed by atoms with Crippen LogP contribution in [0.25, 0.3) is 27.5 Å². The molecule has 0 spiro atoms. The quantitative estimate of drug-likeness (QED) is 0.165. The molecule has 4 aliphatic rings. The van der Waals surface area contributed by atoms with Crippen LogP contribution in [0.15, 0.2) is 60.7 Å². The highest BCUT2D eigenvalue weighted by atomic mass is 15.3. The van der Waals surface area contributed by atoms with Crippen molar-refractivity contribution in [3.8, 4) is 5.69 Å². The van der Waals surface area contributed by atoms with Crippen LogP contribution >= 0.6 is 0 Å². The molecule has 4 heterocycles. The minimum atomic E-state index is 0.0473. The van der Waals surface area contributed by atoms with Crippen LogP contribution in [-0.4, -0.2) is 16.8 Å². The SMILES string of the molecule is Cc1cc2c3c(c1)C1(C)CCCCC1(C)N3c1cccc3c1B2c1cc(C(C)(C)C)cc2c4cc(C(C)(C)C)ccc4n-3c12. The van der Waals surface area contributed by atoms with E-state index in [0.717, 1.165) is 0 Å². The molecule has 3 aliphatic heterocycles. The van der Waals surface area contributed by atoms with Gasteiger partial charge in [-0.3, -0.25) is 0 Å². The Morgan fingerprint density at radius 3 is 2.18 bits per heavy atom. The van der Waals surface area contributed by atoms with Crippen molar-refractivity contribution in [1.29, 1.82) is 0 Å². The summed E-state index contributed by atoms with van der Waals surface area (Å²) in [5.74, 6) is 0. The predicted molar refractivity (Wildman–Crippen MR) is 190 cm³/mol. The van der Waals surface area contributed by atoms with Crippen LogP contribution in [0.1, 0.15) is 103 Å². The molecule has 2 atom stereocenters. The first-order valence-corrected chi connectivity index (χ1v) is 17.0. The van der Waals surface area contributed by atoms with Crippen LogP contribution < -0.4 is 21.3 Å². The molecule has 1 aliphatic carbocycles. The molecular weight excluding hydrogens is 531 g/mol. The van der Waals surface area contributed by atoms with Crippen LogP contribution in [0.5, 0.6) is 0 Å². The third-order valence-corrected chi connectivity index (χ3v) is 12.4. The van der Waals surface area contributed by atoms with Gasteiger partial charge in [0.25, 0.3) is 6.71 Å². The van der Waals surface area contributed by atoms with Gasteiger partial charge in [0.05, 0.1) is 11.1 Å². The van der Waals surface area contributed by atoms with E-state index in [9.17, 15) is 0 Å². The molecule has 1 aromatic heterocycles. The number of hydrogen-bond donors (Lipinski definition) is 0. The molecule has 0 N–H and O–H groups in total. The zero-order chi connectivity index (χ0) is 30.7. The van der Waals surface area contributed by atoms with Crippen molar-refractivity contribution in [3.63, 3.8) is 0 Å². The van der Waals surface area contributed by atoms with Crippen molar-refractivity contribution in [2.75, 3.05) is 4.90 Å². The first-order valence-electron chi connectivity index (χ1n) is 17.0. The highest BCUT2D eigenvalue weighted by Gasteiger charge is 2.61. The number of aromatic nitrogens is 1. The monoisotopic (exact) mass is 576 g/mol. The second kappa shape index (κ2) is 8.03. The summed E-state index contributed by atoms with van der Waals surface area (Å²) in [6.07, 6.45) is 5.13. The Labute approximate surface area is 263 Å². The summed E-state index contributed by atoms with van der Waals surface area (Å²) in [4.78, 5) is 2.84. The lowest BCUT2D eigenvalue weighted by Crippen LogP contribution is -2.64. The molecular formula is C41H45BN2. The molecule has 5 aromatic rings. The maximum Gasteiger partial charge on any atom is 0.252 e. The summed E-state index contributed by atoms with van der Waals surface area (Å²) in [5, 5.41) is 2.79. The molecule has 0 bridgehead atoms. The molecule has 1 saturated carbocycles. The van der Waals surface area contributed by atoms with Crippen LogP contribution in [-0.2, 0) is 16.2 Å². The van der Waals surface area contributed by atoms with E-state index >= 15 is 0 Å². The molecule has 0 radical (unpaired) electrons. The molecule has 0 amide bonds. The fraction of sp³-hybridized carbons (Fsp3) is 0.415. The number of benzene rings is 4. The number of hydrogen-bond acceptors (Lipinski definition) is 1. The van der Waals surface area contributed by atoms with Gasteiger partial charge in [-0.05, 0) is 101 Å². The summed E-state index contributed by atoms with van der Waals surface area (Å²) in [6, 6.07) is 24.7. The smallest absolute Gasteiger partial charge is 0.252 e. The fourth-order valence-electron chi connectivity index (χ4n) is 9.86. The molecule has 222 valence electrons. The first kappa shape index (κ1) is 26.9. The molecule has 9 rings (SSSR count). The zero-order valence-corrected chi connectivity index (χ0v) is 28.1. The molecule has 2 nitrogen and oxygen atoms in total. The molecule has 1 fully saturated rings. The normalized spacial score (nSPS) is 23.3. The van der Waals surface area contributed by atoms with Gasteiger partial charge in [-0.2, -0.15) is 0 Å². The van der Waals surface area contributed by atoms with Gasteiger partial charge >= 0.3 is 0 Å². The lowest BCUT2D eigenvalue weighted by Gasteiger charge is -2.52. The molecule has 0 saturated heterocycles. The molecule has 4 aromatic carbocycles. The van der Waals surface area contributed by atoms with E-state index in [4.69, 9.17) is 0 Å². The maximum atomic E-state index is 2.84. The van der Waals surface area contributed by atoms with Crippen LogP contribution in [0.4, 0.5) is 11.4 Å². The van der Waals surface area contributed by atoms with Gasteiger partial charge in [-0.15, -0.1) is 0 Å². The summed E-state index contributed by atoms with van der Waals surface area (Å²) in [5.41, 5.74) is 17.8. The molecule has 44 heavy (non-hydrogen) atoms. The summed E-state index contributed by atoms with van der Waals surface area (Å²) >= 11 is 0. The van der Waals surface area contributed by atoms with Crippen molar-refractivity contribution in [3.05, 3.63) is 82.9 Å². The van der Waals surface area contributed by atoms with E-state index in [1.165, 1.54) is 97.6 Å². The van der Waals surface area contributed by atoms with Crippen molar-refractivity contribution < 1.29 is 0 Å². The minimum absolute atomic E-state index is 0.0473. The Bertz CT molecular complexity index is 2100. The lowest BCUT2D eigenvalue weighted by atomic mass is 9.33. The van der Waals surface area contributed by atoms with E-state index in [2.05, 4.69) is 132 Å². The van der Waals surface area contributed by atoms with Gasteiger partial charge in [-0.1, -0.05) is 97.2 Å². The van der Waals surface area contributed by atoms with Crippen molar-refractivity contribution in [2.24, 2.45) is 0 Å². The minimum Gasteiger partial charge on any atom is -0.335 e. The Morgan fingerprint density at radius 2 is 1.43 bits per heavy atom. The average molecular weight is 577 g/mol. The highest BCUT2D eigenvalue weighted by molar-refractivity contribution is 7.00. The summed E-state index contributed by atoms with van der Waals surface area (Å²) < 4.78 is 2.63. The van der Waals surface area contributed by atoms with E-state index in [0.29, 0.717) is 0 Å². The lowest BCUT2D eigenvalue weighted by molar-refractivity contribution is 0.195. The van der Waals surface area contributed by atoms with Crippen molar-refractivity contribution >= 4 is 56.3 Å². The van der Waals surface area contributed by atoms with Crippen LogP contribution in [0.2, 0.25) is 0 Å². The number of nitrogens with zero attached hydrogens (tertiary/aromatic N) is 2. The first-order chi connectivity index (χ1) is 20.7. The largest absolute Gasteiger partial charge is 0.335 e. The van der Waals surface area contributed by atoms with E-state index in [1.807, 2.05) is 0 Å². The number of aryl methyl sites for hydroxylation is 1. The topological polar surface area (TPSA) is 8.17 Å². The Hall–Kier alpha value is -3.46. The zero-order valence-electron chi connectivity index (χ0n) is 28.1. The number of rotatable bonds is 0. The predicted octanol–water partition coefficient (Wildman–Crippen LogP) is 8.57. The van der Waals surface area contributed by atoms with Gasteiger partial charge in [0.2, 0.25) is 0 Å². The van der Waals surface area contributed by atoms with E-state index in [-0.39, 0.29) is 28.5 Å². The number of fused-ring (bicyclic) bond motifs is 10. The van der Waals surface area contributed by atoms with Gasteiger partial charge in [0.1, 0.15) is 0 Å². The standard InChI is InChI=1S/C41H45BN2/c1-24-19-29-37-30(20-24)42-31-23-26(39(5,6)7)22-28-27-21-25(38(2,3)4)15-16-32(27)43(36(28)31)33-13-12-14-34(35(33)42)44(37)41(9)18-11-10-17-40(29,41)8/h12-16,19-23H,10-11,17-18H2,1-9H3. The van der Waals surface area contributed by atoms with Crippen LogP contribution in [0, 0.1) is 6.92 Å². The van der Waals surface area contributed by atoms with Crippen molar-refractivity contribution in [2.45, 2.75) is 110 Å². The van der Waals surface area contributed by atoms with Gasteiger partial charge in [0.15, 0.2) is 0 Å². The third-order valence-electron chi connectivity index (χ3n) is 12.4. The highest BCUT2D eigenvalue weighted by Crippen LogP contribution is 2.61. The Morgan fingerprint density at radius 1 is 0.727 bits per heavy atom. The van der Waals surface area contributed by atoms with E-state index < -0.39 is 0 Å². The maximum absolute atomic E-state index is 2.84. The fourth-order valence-corrected chi connectivity index (χ4v) is 9.86. The molecule has 3 heteroatoms. The second-order valence-corrected chi connectivity index (χ2v) is 17.1.